The van der Waals surface area contributed by atoms with E-state index >= 15 is 0 Å². The molecule has 0 radical (unpaired) electrons. The van der Waals surface area contributed by atoms with E-state index in [1.165, 1.54) is 11.3 Å². The van der Waals surface area contributed by atoms with Crippen LogP contribution in [-0.2, 0) is 15.8 Å². The fourth-order valence-electron chi connectivity index (χ4n) is 2.13. The van der Waals surface area contributed by atoms with Gasteiger partial charge in [-0.05, 0) is 37.8 Å². The summed E-state index contributed by atoms with van der Waals surface area (Å²) < 4.78 is 0. The minimum Gasteiger partial charge on any atom is -0.383 e. The molecule has 1 aromatic carbocycles. The van der Waals surface area contributed by atoms with E-state index in [9.17, 15) is 9.90 Å². The lowest BCUT2D eigenvalue weighted by Gasteiger charge is -2.28. The van der Waals surface area contributed by atoms with Gasteiger partial charge in [0.15, 0.2) is 0 Å². The molecule has 2 aromatic rings. The van der Waals surface area contributed by atoms with E-state index in [4.69, 9.17) is 0 Å². The van der Waals surface area contributed by atoms with Crippen LogP contribution in [0, 0.1) is 0 Å². The van der Waals surface area contributed by atoms with Crippen molar-refractivity contribution in [3.63, 3.8) is 0 Å². The van der Waals surface area contributed by atoms with Crippen molar-refractivity contribution < 1.29 is 9.90 Å². The van der Waals surface area contributed by atoms with Crippen molar-refractivity contribution >= 4 is 17.2 Å². The standard InChI is InChI=1S/C17H21NO2S/c1-16(2,13-8-5-4-6-9-13)15(19)18-12-17(3,20)14-10-7-11-21-14/h4-11,20H,12H2,1-3H3,(H,18,19). The third-order valence-electron chi connectivity index (χ3n) is 3.71. The van der Waals surface area contributed by atoms with Gasteiger partial charge in [-0.15, -0.1) is 11.3 Å². The Morgan fingerprint density at radius 1 is 1.14 bits per heavy atom. The van der Waals surface area contributed by atoms with Crippen LogP contribution in [-0.4, -0.2) is 17.6 Å². The summed E-state index contributed by atoms with van der Waals surface area (Å²) in [5, 5.41) is 15.2. The third-order valence-corrected chi connectivity index (χ3v) is 4.83. The van der Waals surface area contributed by atoms with Gasteiger partial charge in [-0.25, -0.2) is 0 Å². The van der Waals surface area contributed by atoms with Gasteiger partial charge in [0.1, 0.15) is 5.60 Å². The molecule has 1 unspecified atom stereocenters. The number of aliphatic hydroxyl groups is 1. The van der Waals surface area contributed by atoms with Crippen molar-refractivity contribution in [3.8, 4) is 0 Å². The molecule has 1 aromatic heterocycles. The number of hydrogen-bond donors (Lipinski definition) is 2. The van der Waals surface area contributed by atoms with Gasteiger partial charge in [-0.1, -0.05) is 36.4 Å². The van der Waals surface area contributed by atoms with Crippen LogP contribution < -0.4 is 5.32 Å². The molecule has 21 heavy (non-hydrogen) atoms. The summed E-state index contributed by atoms with van der Waals surface area (Å²) in [6, 6.07) is 13.4. The summed E-state index contributed by atoms with van der Waals surface area (Å²) in [6.45, 7) is 5.69. The van der Waals surface area contributed by atoms with Gasteiger partial charge in [0, 0.05) is 4.88 Å². The first kappa shape index (κ1) is 15.7. The predicted molar refractivity (Wildman–Crippen MR) is 86.4 cm³/mol. The number of hydrogen-bond acceptors (Lipinski definition) is 3. The maximum atomic E-state index is 12.5. The molecule has 1 heterocycles. The minimum absolute atomic E-state index is 0.0921. The fourth-order valence-corrected chi connectivity index (χ4v) is 2.92. The van der Waals surface area contributed by atoms with Crippen molar-refractivity contribution in [1.29, 1.82) is 0 Å². The molecule has 0 saturated heterocycles. The Morgan fingerprint density at radius 2 is 1.81 bits per heavy atom. The van der Waals surface area contributed by atoms with Crippen molar-refractivity contribution in [2.24, 2.45) is 0 Å². The quantitative estimate of drug-likeness (QED) is 0.892. The molecule has 112 valence electrons. The molecule has 0 bridgehead atoms. The average Bonchev–Trinajstić information content (AvgIpc) is 3.00. The van der Waals surface area contributed by atoms with Gasteiger partial charge in [-0.2, -0.15) is 0 Å². The van der Waals surface area contributed by atoms with Crippen LogP contribution in [0.3, 0.4) is 0 Å². The van der Waals surface area contributed by atoms with Crippen molar-refractivity contribution in [1.82, 2.24) is 5.32 Å². The fraction of sp³-hybridized carbons (Fsp3) is 0.353. The zero-order valence-electron chi connectivity index (χ0n) is 12.6. The Balaban J connectivity index is 2.05. The Labute approximate surface area is 129 Å². The smallest absolute Gasteiger partial charge is 0.230 e. The number of carbonyl (C=O) groups excluding carboxylic acids is 1. The highest BCUT2D eigenvalue weighted by molar-refractivity contribution is 7.10. The molecule has 2 N–H and O–H groups in total. The van der Waals surface area contributed by atoms with Crippen molar-refractivity contribution in [2.75, 3.05) is 6.54 Å². The molecule has 4 heteroatoms. The zero-order valence-corrected chi connectivity index (χ0v) is 13.4. The molecule has 2 rings (SSSR count). The monoisotopic (exact) mass is 303 g/mol. The van der Waals surface area contributed by atoms with E-state index in [0.717, 1.165) is 10.4 Å². The van der Waals surface area contributed by atoms with Crippen molar-refractivity contribution in [3.05, 3.63) is 58.3 Å². The second-order valence-electron chi connectivity index (χ2n) is 5.92. The van der Waals surface area contributed by atoms with Gasteiger partial charge in [0.2, 0.25) is 5.91 Å². The molecule has 0 aliphatic heterocycles. The highest BCUT2D eigenvalue weighted by Crippen LogP contribution is 2.26. The molecule has 1 amide bonds. The zero-order chi connectivity index (χ0) is 15.5. The van der Waals surface area contributed by atoms with Gasteiger partial charge < -0.3 is 10.4 Å². The van der Waals surface area contributed by atoms with Gasteiger partial charge in [0.05, 0.1) is 12.0 Å². The summed E-state index contributed by atoms with van der Waals surface area (Å²) in [7, 11) is 0. The highest BCUT2D eigenvalue weighted by Gasteiger charge is 2.32. The second-order valence-corrected chi connectivity index (χ2v) is 6.87. The molecule has 0 aliphatic rings. The van der Waals surface area contributed by atoms with E-state index in [1.807, 2.05) is 61.7 Å². The number of benzene rings is 1. The van der Waals surface area contributed by atoms with E-state index in [0.29, 0.717) is 0 Å². The Bertz CT molecular complexity index is 589. The average molecular weight is 303 g/mol. The van der Waals surface area contributed by atoms with Crippen LogP contribution in [0.5, 0.6) is 0 Å². The number of amides is 1. The SMILES string of the molecule is CC(O)(CNC(=O)C(C)(C)c1ccccc1)c1cccs1. The highest BCUT2D eigenvalue weighted by atomic mass is 32.1. The number of rotatable bonds is 5. The molecular formula is C17H21NO2S. The molecule has 1 atom stereocenters. The Hall–Kier alpha value is -1.65. The molecular weight excluding hydrogens is 282 g/mol. The summed E-state index contributed by atoms with van der Waals surface area (Å²) in [5.74, 6) is -0.0921. The summed E-state index contributed by atoms with van der Waals surface area (Å²) in [5.41, 5.74) is -0.720. The van der Waals surface area contributed by atoms with Crippen LogP contribution >= 0.6 is 11.3 Å². The molecule has 3 nitrogen and oxygen atoms in total. The van der Waals surface area contributed by atoms with Gasteiger partial charge in [0.25, 0.3) is 0 Å². The third kappa shape index (κ3) is 3.52. The van der Waals surface area contributed by atoms with Gasteiger partial charge >= 0.3 is 0 Å². The van der Waals surface area contributed by atoms with Crippen LogP contribution in [0.4, 0.5) is 0 Å². The molecule has 0 spiro atoms. The summed E-state index contributed by atoms with van der Waals surface area (Å²) >= 11 is 1.48. The lowest BCUT2D eigenvalue weighted by atomic mass is 9.83. The predicted octanol–water partition coefficient (Wildman–Crippen LogP) is 3.05. The Kier molecular flexibility index (Phi) is 4.49. The van der Waals surface area contributed by atoms with E-state index < -0.39 is 11.0 Å². The summed E-state index contributed by atoms with van der Waals surface area (Å²) in [4.78, 5) is 13.3. The first-order valence-electron chi connectivity index (χ1n) is 6.94. The largest absolute Gasteiger partial charge is 0.383 e. The van der Waals surface area contributed by atoms with E-state index in [1.54, 1.807) is 6.92 Å². The second kappa shape index (κ2) is 6.00. The first-order valence-corrected chi connectivity index (χ1v) is 7.82. The lowest BCUT2D eigenvalue weighted by Crippen LogP contribution is -2.45. The maximum absolute atomic E-state index is 12.5. The molecule has 0 fully saturated rings. The van der Waals surface area contributed by atoms with Crippen molar-refractivity contribution in [2.45, 2.75) is 31.8 Å². The minimum atomic E-state index is -1.05. The number of nitrogens with one attached hydrogen (secondary N) is 1. The van der Waals surface area contributed by atoms with Crippen LogP contribution in [0.2, 0.25) is 0 Å². The number of thiophene rings is 1. The van der Waals surface area contributed by atoms with E-state index in [-0.39, 0.29) is 12.5 Å². The normalized spacial score (nSPS) is 14.5. The topological polar surface area (TPSA) is 49.3 Å². The summed E-state index contributed by atoms with van der Waals surface area (Å²) in [6.07, 6.45) is 0. The van der Waals surface area contributed by atoms with E-state index in [2.05, 4.69) is 5.32 Å². The first-order chi connectivity index (χ1) is 9.84. The number of carbonyl (C=O) groups is 1. The van der Waals surface area contributed by atoms with Crippen LogP contribution in [0.1, 0.15) is 31.2 Å². The molecule has 0 saturated carbocycles. The lowest BCUT2D eigenvalue weighted by molar-refractivity contribution is -0.126. The van der Waals surface area contributed by atoms with Crippen LogP contribution in [0.15, 0.2) is 47.8 Å². The Morgan fingerprint density at radius 3 is 2.38 bits per heavy atom. The molecule has 0 aliphatic carbocycles. The maximum Gasteiger partial charge on any atom is 0.230 e. The van der Waals surface area contributed by atoms with Crippen LogP contribution in [0.25, 0.3) is 0 Å². The van der Waals surface area contributed by atoms with Gasteiger partial charge in [-0.3, -0.25) is 4.79 Å².